The summed E-state index contributed by atoms with van der Waals surface area (Å²) in [6, 6.07) is 8.63. The maximum absolute atomic E-state index is 12.3. The number of nitrogens with two attached hydrogens (primary N) is 1. The van der Waals surface area contributed by atoms with Crippen molar-refractivity contribution in [3.8, 4) is 11.8 Å². The zero-order valence-electron chi connectivity index (χ0n) is 10.6. The predicted octanol–water partition coefficient (Wildman–Crippen LogP) is 2.30. The monoisotopic (exact) mass is 285 g/mol. The number of para-hydroxylation sites is 1. The maximum atomic E-state index is 12.3. The molecule has 0 aliphatic rings. The van der Waals surface area contributed by atoms with Crippen molar-refractivity contribution in [3.63, 3.8) is 0 Å². The summed E-state index contributed by atoms with van der Waals surface area (Å²) < 4.78 is 0. The van der Waals surface area contributed by atoms with Crippen molar-refractivity contribution in [2.24, 2.45) is 5.73 Å². The van der Waals surface area contributed by atoms with E-state index in [4.69, 9.17) is 17.3 Å². The van der Waals surface area contributed by atoms with Crippen LogP contribution < -0.4 is 11.1 Å². The summed E-state index contributed by atoms with van der Waals surface area (Å²) >= 11 is 6.01. The van der Waals surface area contributed by atoms with Gasteiger partial charge in [-0.05, 0) is 18.2 Å². The third-order valence-corrected chi connectivity index (χ3v) is 2.84. The number of benzene rings is 1. The number of carbonyl (C=O) groups is 1. The Balaban J connectivity index is 2.28. The van der Waals surface area contributed by atoms with Crippen LogP contribution in [0.15, 0.2) is 42.7 Å². The number of nitrogens with zero attached hydrogens (tertiary/aromatic N) is 1. The molecule has 0 unspecified atom stereocenters. The van der Waals surface area contributed by atoms with Gasteiger partial charge in [-0.25, -0.2) is 0 Å². The van der Waals surface area contributed by atoms with Gasteiger partial charge in [0.1, 0.15) is 0 Å². The molecule has 20 heavy (non-hydrogen) atoms. The van der Waals surface area contributed by atoms with E-state index in [-0.39, 0.29) is 12.5 Å². The van der Waals surface area contributed by atoms with Crippen LogP contribution in [-0.4, -0.2) is 17.4 Å². The molecule has 0 aliphatic heterocycles. The molecule has 0 saturated carbocycles. The Hall–Kier alpha value is -2.35. The molecule has 4 nitrogen and oxygen atoms in total. The first kappa shape index (κ1) is 14.1. The first-order valence-corrected chi connectivity index (χ1v) is 6.29. The van der Waals surface area contributed by atoms with E-state index in [2.05, 4.69) is 22.1 Å². The number of halogens is 1. The Morgan fingerprint density at radius 2 is 2.15 bits per heavy atom. The topological polar surface area (TPSA) is 68.0 Å². The average molecular weight is 286 g/mol. The van der Waals surface area contributed by atoms with Crippen LogP contribution in [0.4, 0.5) is 5.69 Å². The standard InChI is InChI=1S/C15H12ClN3O/c16-13-5-1-2-6-14(13)19-15(20)12-7-9-18-10-11(12)4-3-8-17/h1-2,5-7,9-10H,8,17H2,(H,19,20). The van der Waals surface area contributed by atoms with Gasteiger partial charge in [0.15, 0.2) is 0 Å². The molecule has 1 aromatic carbocycles. The molecule has 2 aromatic rings. The lowest BCUT2D eigenvalue weighted by Gasteiger charge is -2.08. The lowest BCUT2D eigenvalue weighted by Crippen LogP contribution is -2.14. The Kier molecular flexibility index (Phi) is 4.72. The van der Waals surface area contributed by atoms with Gasteiger partial charge in [-0.15, -0.1) is 0 Å². The second-order valence-corrected chi connectivity index (χ2v) is 4.27. The Morgan fingerprint density at radius 3 is 2.90 bits per heavy atom. The van der Waals surface area contributed by atoms with E-state index in [0.29, 0.717) is 21.8 Å². The fourth-order valence-corrected chi connectivity index (χ4v) is 1.77. The number of hydrogen-bond acceptors (Lipinski definition) is 3. The second kappa shape index (κ2) is 6.71. The van der Waals surface area contributed by atoms with Crippen LogP contribution in [0, 0.1) is 11.8 Å². The van der Waals surface area contributed by atoms with Gasteiger partial charge in [0.05, 0.1) is 28.4 Å². The number of hydrogen-bond donors (Lipinski definition) is 2. The molecule has 100 valence electrons. The molecule has 5 heteroatoms. The lowest BCUT2D eigenvalue weighted by molar-refractivity contribution is 0.102. The zero-order valence-corrected chi connectivity index (χ0v) is 11.3. The van der Waals surface area contributed by atoms with Gasteiger partial charge in [-0.2, -0.15) is 0 Å². The minimum absolute atomic E-state index is 0.223. The summed E-state index contributed by atoms with van der Waals surface area (Å²) in [7, 11) is 0. The molecular formula is C15H12ClN3O. The molecule has 2 rings (SSSR count). The van der Waals surface area contributed by atoms with Gasteiger partial charge in [-0.3, -0.25) is 9.78 Å². The summed E-state index contributed by atoms with van der Waals surface area (Å²) in [4.78, 5) is 16.2. The number of carbonyl (C=O) groups excluding carboxylic acids is 1. The quantitative estimate of drug-likeness (QED) is 0.832. The van der Waals surface area contributed by atoms with Crippen LogP contribution in [0.1, 0.15) is 15.9 Å². The molecule has 1 heterocycles. The molecule has 0 atom stereocenters. The minimum Gasteiger partial charge on any atom is -0.321 e. The van der Waals surface area contributed by atoms with E-state index in [1.54, 1.807) is 30.3 Å². The van der Waals surface area contributed by atoms with Crippen molar-refractivity contribution in [1.82, 2.24) is 4.98 Å². The fourth-order valence-electron chi connectivity index (χ4n) is 1.59. The van der Waals surface area contributed by atoms with Crippen molar-refractivity contribution < 1.29 is 4.79 Å². The lowest BCUT2D eigenvalue weighted by atomic mass is 10.1. The third kappa shape index (κ3) is 3.35. The summed E-state index contributed by atoms with van der Waals surface area (Å²) in [5.41, 5.74) is 6.85. The molecule has 0 aliphatic carbocycles. The molecule has 3 N–H and O–H groups in total. The van der Waals surface area contributed by atoms with E-state index >= 15 is 0 Å². The first-order valence-electron chi connectivity index (χ1n) is 5.91. The fraction of sp³-hybridized carbons (Fsp3) is 0.0667. The van der Waals surface area contributed by atoms with Gasteiger partial charge in [-0.1, -0.05) is 35.6 Å². The predicted molar refractivity (Wildman–Crippen MR) is 79.6 cm³/mol. The number of pyridine rings is 1. The van der Waals surface area contributed by atoms with Crippen LogP contribution in [-0.2, 0) is 0 Å². The van der Waals surface area contributed by atoms with Crippen LogP contribution in [0.5, 0.6) is 0 Å². The summed E-state index contributed by atoms with van der Waals surface area (Å²) in [5.74, 6) is 5.24. The SMILES string of the molecule is NCC#Cc1cnccc1C(=O)Nc1ccccc1Cl. The highest BCUT2D eigenvalue weighted by Crippen LogP contribution is 2.21. The van der Waals surface area contributed by atoms with Crippen molar-refractivity contribution >= 4 is 23.2 Å². The third-order valence-electron chi connectivity index (χ3n) is 2.51. The Bertz CT molecular complexity index is 689. The van der Waals surface area contributed by atoms with Crippen molar-refractivity contribution in [1.29, 1.82) is 0 Å². The minimum atomic E-state index is -0.290. The van der Waals surface area contributed by atoms with Gasteiger partial charge >= 0.3 is 0 Å². The second-order valence-electron chi connectivity index (χ2n) is 3.86. The average Bonchev–Trinajstić information content (AvgIpc) is 2.47. The highest BCUT2D eigenvalue weighted by atomic mass is 35.5. The number of amides is 1. The molecule has 0 saturated heterocycles. The van der Waals surface area contributed by atoms with E-state index in [0.717, 1.165) is 0 Å². The molecule has 0 spiro atoms. The summed E-state index contributed by atoms with van der Waals surface area (Å²) in [6.45, 7) is 0.223. The van der Waals surface area contributed by atoms with E-state index in [9.17, 15) is 4.79 Å². The van der Waals surface area contributed by atoms with Crippen LogP contribution >= 0.6 is 11.6 Å². The van der Waals surface area contributed by atoms with Crippen LogP contribution in [0.2, 0.25) is 5.02 Å². The van der Waals surface area contributed by atoms with E-state index in [1.165, 1.54) is 12.4 Å². The molecule has 0 radical (unpaired) electrons. The van der Waals surface area contributed by atoms with Crippen molar-refractivity contribution in [2.75, 3.05) is 11.9 Å². The highest BCUT2D eigenvalue weighted by molar-refractivity contribution is 6.33. The smallest absolute Gasteiger partial charge is 0.257 e. The summed E-state index contributed by atoms with van der Waals surface area (Å²) in [6.07, 6.45) is 3.07. The number of nitrogens with one attached hydrogen (secondary N) is 1. The van der Waals surface area contributed by atoms with Crippen molar-refractivity contribution in [2.45, 2.75) is 0 Å². The molecule has 1 aromatic heterocycles. The van der Waals surface area contributed by atoms with E-state index < -0.39 is 0 Å². The van der Waals surface area contributed by atoms with Gasteiger partial charge in [0, 0.05) is 12.4 Å². The van der Waals surface area contributed by atoms with Gasteiger partial charge in [0.2, 0.25) is 0 Å². The Labute approximate surface area is 122 Å². The number of rotatable bonds is 2. The normalized spacial score (nSPS) is 9.50. The number of anilines is 1. The highest BCUT2D eigenvalue weighted by Gasteiger charge is 2.11. The van der Waals surface area contributed by atoms with Crippen molar-refractivity contribution in [3.05, 3.63) is 58.9 Å². The molecular weight excluding hydrogens is 274 g/mol. The number of aromatic nitrogens is 1. The summed E-state index contributed by atoms with van der Waals surface area (Å²) in [5, 5.41) is 3.22. The van der Waals surface area contributed by atoms with Gasteiger partial charge < -0.3 is 11.1 Å². The van der Waals surface area contributed by atoms with Crippen LogP contribution in [0.3, 0.4) is 0 Å². The molecule has 0 fully saturated rings. The molecule has 1 amide bonds. The molecule has 0 bridgehead atoms. The maximum Gasteiger partial charge on any atom is 0.257 e. The Morgan fingerprint density at radius 1 is 1.35 bits per heavy atom. The first-order chi connectivity index (χ1) is 9.72. The van der Waals surface area contributed by atoms with Crippen LogP contribution in [0.25, 0.3) is 0 Å². The van der Waals surface area contributed by atoms with Gasteiger partial charge in [0.25, 0.3) is 5.91 Å². The zero-order chi connectivity index (χ0) is 14.4. The largest absolute Gasteiger partial charge is 0.321 e. The van der Waals surface area contributed by atoms with E-state index in [1.807, 2.05) is 0 Å².